The lowest BCUT2D eigenvalue weighted by Crippen LogP contribution is -2.59. The number of rotatable bonds is 8. The molecule has 0 radical (unpaired) electrons. The summed E-state index contributed by atoms with van der Waals surface area (Å²) in [5, 5.41) is 2.39. The van der Waals surface area contributed by atoms with Crippen molar-refractivity contribution in [3.8, 4) is 5.75 Å². The van der Waals surface area contributed by atoms with Gasteiger partial charge < -0.3 is 19.1 Å². The van der Waals surface area contributed by atoms with E-state index in [9.17, 15) is 14.0 Å². The Morgan fingerprint density at radius 3 is 2.59 bits per heavy atom. The molecule has 1 fully saturated rings. The first-order valence-corrected chi connectivity index (χ1v) is 14.6. The van der Waals surface area contributed by atoms with Crippen molar-refractivity contribution in [1.29, 1.82) is 0 Å². The monoisotopic (exact) mass is 642 g/mol. The molecule has 5 rings (SSSR count). The Kier molecular flexibility index (Phi) is 8.81. The van der Waals surface area contributed by atoms with Crippen LogP contribution < -0.4 is 4.74 Å². The van der Waals surface area contributed by atoms with Gasteiger partial charge in [0.2, 0.25) is 0 Å². The average Bonchev–Trinajstić information content (AvgIpc) is 3.51. The zero-order valence-electron chi connectivity index (χ0n) is 22.7. The number of nitrogens with zero attached hydrogens (tertiary/aromatic N) is 4. The topological polar surface area (TPSA) is 93.6 Å². The van der Waals surface area contributed by atoms with Gasteiger partial charge in [-0.3, -0.25) is 9.89 Å². The lowest BCUT2D eigenvalue weighted by atomic mass is 9.92. The summed E-state index contributed by atoms with van der Waals surface area (Å²) < 4.78 is 30.6. The molecule has 0 amide bonds. The number of fused-ring (bicyclic) bond motifs is 1. The molecule has 214 valence electrons. The molecule has 0 aliphatic carbocycles. The van der Waals surface area contributed by atoms with Crippen LogP contribution in [0.5, 0.6) is 5.75 Å². The van der Waals surface area contributed by atoms with Crippen LogP contribution in [0.2, 0.25) is 0 Å². The van der Waals surface area contributed by atoms with Gasteiger partial charge in [-0.2, -0.15) is 0 Å². The second-order valence-corrected chi connectivity index (χ2v) is 11.1. The Morgan fingerprint density at radius 2 is 1.95 bits per heavy atom. The van der Waals surface area contributed by atoms with Crippen molar-refractivity contribution in [3.63, 3.8) is 0 Å². The van der Waals surface area contributed by atoms with Crippen LogP contribution in [-0.2, 0) is 25.6 Å². The van der Waals surface area contributed by atoms with Gasteiger partial charge in [-0.05, 0) is 42.3 Å². The summed E-state index contributed by atoms with van der Waals surface area (Å²) >= 11 is 4.83. The van der Waals surface area contributed by atoms with Crippen molar-refractivity contribution in [2.24, 2.45) is 4.99 Å². The van der Waals surface area contributed by atoms with Crippen LogP contribution in [-0.4, -0.2) is 72.5 Å². The van der Waals surface area contributed by atoms with E-state index >= 15 is 0 Å². The number of hydrogen-bond donors (Lipinski definition) is 0. The number of aliphatic imine (C=N–C) groups is 1. The quantitative estimate of drug-likeness (QED) is 0.326. The lowest BCUT2D eigenvalue weighted by molar-refractivity contribution is -0.147. The Hall–Kier alpha value is -3.61. The molecule has 0 unspecified atom stereocenters. The largest absolute Gasteiger partial charge is 0.497 e. The fraction of sp³-hybridized carbons (Fsp3) is 0.310. The van der Waals surface area contributed by atoms with Gasteiger partial charge in [-0.1, -0.05) is 34.1 Å². The average molecular weight is 644 g/mol. The van der Waals surface area contributed by atoms with Crippen LogP contribution in [0.25, 0.3) is 0 Å². The molecule has 2 atom stereocenters. The molecule has 2 aliphatic rings. The zero-order valence-corrected chi connectivity index (χ0v) is 25.1. The number of benzene rings is 2. The molecule has 3 heterocycles. The van der Waals surface area contributed by atoms with E-state index in [1.807, 2.05) is 29.6 Å². The Bertz CT molecular complexity index is 1500. The molecule has 0 saturated carbocycles. The van der Waals surface area contributed by atoms with E-state index in [0.29, 0.717) is 46.2 Å². The van der Waals surface area contributed by atoms with E-state index in [0.717, 1.165) is 11.3 Å². The molecular weight excluding hydrogens is 615 g/mol. The van der Waals surface area contributed by atoms with Crippen molar-refractivity contribution < 1.29 is 28.2 Å². The first-order chi connectivity index (χ1) is 19.8. The predicted octanol–water partition coefficient (Wildman–Crippen LogP) is 4.73. The third-order valence-electron chi connectivity index (χ3n) is 6.89. The van der Waals surface area contributed by atoms with E-state index in [1.165, 1.54) is 30.6 Å². The van der Waals surface area contributed by atoms with Crippen LogP contribution in [0, 0.1) is 5.82 Å². The van der Waals surface area contributed by atoms with Crippen molar-refractivity contribution in [2.45, 2.75) is 25.6 Å². The molecule has 3 aromatic rings. The number of thiazole rings is 1. The minimum atomic E-state index is -0.839. The number of aromatic nitrogens is 1. The highest BCUT2D eigenvalue weighted by Gasteiger charge is 2.46. The number of amidine groups is 1. The summed E-state index contributed by atoms with van der Waals surface area (Å²) in [7, 11) is 2.95. The number of ether oxygens (including phenoxy) is 3. The minimum absolute atomic E-state index is 0.145. The molecule has 0 spiro atoms. The molecule has 0 bridgehead atoms. The first-order valence-electron chi connectivity index (χ1n) is 12.9. The number of carbonyl (C=O) groups is 2. The van der Waals surface area contributed by atoms with Crippen LogP contribution in [0.4, 0.5) is 4.39 Å². The molecule has 2 aromatic carbocycles. The zero-order chi connectivity index (χ0) is 29.1. The fourth-order valence-electron chi connectivity index (χ4n) is 5.07. The molecule has 1 aromatic heterocycles. The summed E-state index contributed by atoms with van der Waals surface area (Å²) in [6.45, 7) is 3.00. The summed E-state index contributed by atoms with van der Waals surface area (Å²) in [4.78, 5) is 40.3. The normalized spacial score (nSPS) is 19.0. The van der Waals surface area contributed by atoms with Gasteiger partial charge >= 0.3 is 11.9 Å². The first kappa shape index (κ1) is 28.9. The highest BCUT2D eigenvalue weighted by atomic mass is 79.9. The summed E-state index contributed by atoms with van der Waals surface area (Å²) in [6, 6.07) is 10.3. The van der Waals surface area contributed by atoms with Gasteiger partial charge in [-0.25, -0.2) is 19.0 Å². The van der Waals surface area contributed by atoms with Crippen LogP contribution in [0.1, 0.15) is 29.1 Å². The Balaban J connectivity index is 1.68. The number of methoxy groups -OCH3 is 2. The number of esters is 2. The number of piperazine rings is 1. The van der Waals surface area contributed by atoms with Crippen LogP contribution in [0.15, 0.2) is 74.8 Å². The van der Waals surface area contributed by atoms with Crippen molar-refractivity contribution in [2.75, 3.05) is 33.9 Å². The van der Waals surface area contributed by atoms with Gasteiger partial charge in [0.25, 0.3) is 0 Å². The SMILES string of the molecule is CCOC(=O)C1=C2CN(Cc3ccc(OC)cc3)C[C@@H](C(=O)OC)N2C(c2nccs2)=N[C@H]1c1ccc(F)cc1Br. The van der Waals surface area contributed by atoms with Crippen molar-refractivity contribution >= 4 is 45.0 Å². The van der Waals surface area contributed by atoms with Crippen LogP contribution in [0.3, 0.4) is 0 Å². The van der Waals surface area contributed by atoms with E-state index in [1.54, 1.807) is 31.2 Å². The Morgan fingerprint density at radius 1 is 1.17 bits per heavy atom. The number of hydrogen-bond acceptors (Lipinski definition) is 10. The molecule has 12 heteroatoms. The van der Waals surface area contributed by atoms with Gasteiger partial charge in [0, 0.05) is 41.4 Å². The number of halogens is 2. The smallest absolute Gasteiger partial charge is 0.338 e. The third-order valence-corrected chi connectivity index (χ3v) is 8.34. The Labute approximate surface area is 249 Å². The summed E-state index contributed by atoms with van der Waals surface area (Å²) in [5.74, 6) is -0.297. The standard InChI is InChI=1S/C29H28BrFN4O5S/c1-4-40-29(37)24-22-15-34(14-17-5-8-19(38-2)9-6-17)16-23(28(36)39-3)35(22)26(27-32-11-12-41-27)33-25(24)20-10-7-18(31)13-21(20)30/h5-13,23,25H,4,14-16H2,1-3H3/t23-,25-/m0/s1. The predicted molar refractivity (Wildman–Crippen MR) is 155 cm³/mol. The minimum Gasteiger partial charge on any atom is -0.497 e. The van der Waals surface area contributed by atoms with E-state index in [4.69, 9.17) is 19.2 Å². The van der Waals surface area contributed by atoms with Crippen molar-refractivity contribution in [1.82, 2.24) is 14.8 Å². The number of carbonyl (C=O) groups excluding carboxylic acids is 2. The van der Waals surface area contributed by atoms with Crippen LogP contribution >= 0.6 is 27.3 Å². The second kappa shape index (κ2) is 12.5. The summed E-state index contributed by atoms with van der Waals surface area (Å²) in [6.07, 6.45) is 1.66. The second-order valence-electron chi connectivity index (χ2n) is 9.37. The highest BCUT2D eigenvalue weighted by Crippen LogP contribution is 2.42. The summed E-state index contributed by atoms with van der Waals surface area (Å²) in [5.41, 5.74) is 2.41. The van der Waals surface area contributed by atoms with Gasteiger partial charge in [0.05, 0.1) is 26.4 Å². The molecule has 1 saturated heterocycles. The molecular formula is C29H28BrFN4O5S. The molecule has 41 heavy (non-hydrogen) atoms. The van der Waals surface area contributed by atoms with Gasteiger partial charge in [0.15, 0.2) is 10.8 Å². The van der Waals surface area contributed by atoms with Gasteiger partial charge in [-0.15, -0.1) is 11.3 Å². The van der Waals surface area contributed by atoms with E-state index in [-0.39, 0.29) is 12.2 Å². The van der Waals surface area contributed by atoms with Gasteiger partial charge in [0.1, 0.15) is 23.7 Å². The molecule has 2 aliphatic heterocycles. The van der Waals surface area contributed by atoms with E-state index < -0.39 is 29.8 Å². The molecule has 9 nitrogen and oxygen atoms in total. The highest BCUT2D eigenvalue weighted by molar-refractivity contribution is 9.10. The molecule has 0 N–H and O–H groups in total. The maximum absolute atomic E-state index is 14.1. The third kappa shape index (κ3) is 5.90. The fourth-order valence-corrected chi connectivity index (χ4v) is 6.26. The van der Waals surface area contributed by atoms with Crippen molar-refractivity contribution in [3.05, 3.63) is 91.7 Å². The maximum Gasteiger partial charge on any atom is 0.338 e. The lowest BCUT2D eigenvalue weighted by Gasteiger charge is -2.46. The maximum atomic E-state index is 14.1. The van der Waals surface area contributed by atoms with E-state index in [2.05, 4.69) is 25.8 Å².